The summed E-state index contributed by atoms with van der Waals surface area (Å²) in [5.74, 6) is 1.49. The summed E-state index contributed by atoms with van der Waals surface area (Å²) in [7, 11) is 0. The molecule has 0 atom stereocenters. The van der Waals surface area contributed by atoms with Crippen LogP contribution in [0.15, 0.2) is 30.5 Å². The number of nitrogens with zero attached hydrogens (tertiary/aromatic N) is 4. The number of rotatable bonds is 5. The van der Waals surface area contributed by atoms with Crippen LogP contribution < -0.4 is 15.4 Å². The van der Waals surface area contributed by atoms with Gasteiger partial charge in [0.1, 0.15) is 5.82 Å². The summed E-state index contributed by atoms with van der Waals surface area (Å²) < 4.78 is 11.0. The summed E-state index contributed by atoms with van der Waals surface area (Å²) in [5.41, 5.74) is 6.83. The summed E-state index contributed by atoms with van der Waals surface area (Å²) in [4.78, 5) is 15.0. The van der Waals surface area contributed by atoms with Crippen molar-refractivity contribution in [3.05, 3.63) is 36.2 Å². The summed E-state index contributed by atoms with van der Waals surface area (Å²) in [6, 6.07) is 7.46. The Bertz CT molecular complexity index is 602. The maximum atomic E-state index is 5.85. The first-order valence-electron chi connectivity index (χ1n) is 7.31. The first kappa shape index (κ1) is 14.5. The van der Waals surface area contributed by atoms with Crippen molar-refractivity contribution < 1.29 is 9.47 Å². The Hall–Kier alpha value is -2.41. The predicted molar refractivity (Wildman–Crippen MR) is 82.9 cm³/mol. The van der Waals surface area contributed by atoms with E-state index in [0.717, 1.165) is 25.2 Å². The molecule has 3 rings (SSSR count). The van der Waals surface area contributed by atoms with Crippen molar-refractivity contribution in [2.75, 3.05) is 43.5 Å². The van der Waals surface area contributed by atoms with E-state index in [-0.39, 0.29) is 0 Å². The lowest BCUT2D eigenvalue weighted by atomic mass is 10.3. The van der Waals surface area contributed by atoms with Gasteiger partial charge in [-0.15, -0.1) is 0 Å². The van der Waals surface area contributed by atoms with E-state index in [1.807, 2.05) is 23.1 Å². The lowest BCUT2D eigenvalue weighted by molar-refractivity contribution is 0.122. The standard InChI is InChI=1S/C15H19N5O2/c16-13-11-14(22-8-4-12-3-1-2-5-17-12)19-15(18-13)20-6-9-21-10-7-20/h1-3,5,11H,4,6-10H2,(H2,16,18,19). The van der Waals surface area contributed by atoms with Crippen LogP contribution in [-0.4, -0.2) is 47.9 Å². The van der Waals surface area contributed by atoms with Crippen molar-refractivity contribution in [3.63, 3.8) is 0 Å². The number of nitrogen functional groups attached to an aromatic ring is 1. The van der Waals surface area contributed by atoms with Crippen LogP contribution in [-0.2, 0) is 11.2 Å². The number of nitrogens with two attached hydrogens (primary N) is 1. The van der Waals surface area contributed by atoms with Gasteiger partial charge in [-0.1, -0.05) is 6.07 Å². The van der Waals surface area contributed by atoms with Gasteiger partial charge in [0.05, 0.1) is 19.8 Å². The lowest BCUT2D eigenvalue weighted by Gasteiger charge is -2.27. The molecule has 3 heterocycles. The molecule has 1 aliphatic rings. The van der Waals surface area contributed by atoms with Crippen LogP contribution in [0.4, 0.5) is 11.8 Å². The molecule has 1 saturated heterocycles. The number of anilines is 2. The lowest BCUT2D eigenvalue weighted by Crippen LogP contribution is -2.37. The van der Waals surface area contributed by atoms with E-state index in [4.69, 9.17) is 15.2 Å². The highest BCUT2D eigenvalue weighted by Gasteiger charge is 2.15. The van der Waals surface area contributed by atoms with Gasteiger partial charge >= 0.3 is 0 Å². The molecule has 2 aromatic heterocycles. The fourth-order valence-electron chi connectivity index (χ4n) is 2.21. The second-order valence-corrected chi connectivity index (χ2v) is 4.95. The van der Waals surface area contributed by atoms with Crippen LogP contribution >= 0.6 is 0 Å². The minimum absolute atomic E-state index is 0.407. The molecule has 0 aromatic carbocycles. The monoisotopic (exact) mass is 301 g/mol. The molecule has 1 aliphatic heterocycles. The van der Waals surface area contributed by atoms with Crippen LogP contribution in [0.2, 0.25) is 0 Å². The Balaban J connectivity index is 1.62. The summed E-state index contributed by atoms with van der Waals surface area (Å²) in [6.45, 7) is 3.37. The van der Waals surface area contributed by atoms with Gasteiger partial charge in [-0.3, -0.25) is 4.98 Å². The molecular weight excluding hydrogens is 282 g/mol. The zero-order valence-electron chi connectivity index (χ0n) is 12.3. The molecule has 0 unspecified atom stereocenters. The van der Waals surface area contributed by atoms with Gasteiger partial charge in [0.15, 0.2) is 0 Å². The minimum atomic E-state index is 0.407. The average molecular weight is 301 g/mol. The van der Waals surface area contributed by atoms with E-state index in [1.165, 1.54) is 0 Å². The van der Waals surface area contributed by atoms with Gasteiger partial charge < -0.3 is 20.1 Å². The zero-order valence-corrected chi connectivity index (χ0v) is 12.3. The molecule has 7 heteroatoms. The second-order valence-electron chi connectivity index (χ2n) is 4.95. The third-order valence-corrected chi connectivity index (χ3v) is 3.34. The van der Waals surface area contributed by atoms with Gasteiger partial charge in [0.25, 0.3) is 0 Å². The molecular formula is C15H19N5O2. The van der Waals surface area contributed by atoms with Gasteiger partial charge in [0.2, 0.25) is 11.8 Å². The fourth-order valence-corrected chi connectivity index (χ4v) is 2.21. The molecule has 0 spiro atoms. The maximum absolute atomic E-state index is 5.85. The number of hydrogen-bond acceptors (Lipinski definition) is 7. The van der Waals surface area contributed by atoms with Crippen molar-refractivity contribution in [1.82, 2.24) is 15.0 Å². The Morgan fingerprint density at radius 2 is 2.09 bits per heavy atom. The molecule has 0 bridgehead atoms. The maximum Gasteiger partial charge on any atom is 0.230 e. The van der Waals surface area contributed by atoms with Crippen molar-refractivity contribution in [1.29, 1.82) is 0 Å². The van der Waals surface area contributed by atoms with E-state index in [9.17, 15) is 0 Å². The third-order valence-electron chi connectivity index (χ3n) is 3.34. The normalized spacial score (nSPS) is 14.8. The average Bonchev–Trinajstić information content (AvgIpc) is 2.56. The smallest absolute Gasteiger partial charge is 0.230 e. The van der Waals surface area contributed by atoms with Crippen LogP contribution in [0.25, 0.3) is 0 Å². The number of aromatic nitrogens is 3. The molecule has 116 valence electrons. The number of ether oxygens (including phenoxy) is 2. The minimum Gasteiger partial charge on any atom is -0.477 e. The van der Waals surface area contributed by atoms with Gasteiger partial charge in [-0.2, -0.15) is 9.97 Å². The Labute approximate surface area is 129 Å². The number of morpholine rings is 1. The Morgan fingerprint density at radius 1 is 1.23 bits per heavy atom. The number of hydrogen-bond donors (Lipinski definition) is 1. The van der Waals surface area contributed by atoms with E-state index in [0.29, 0.717) is 37.5 Å². The van der Waals surface area contributed by atoms with E-state index < -0.39 is 0 Å². The van der Waals surface area contributed by atoms with Gasteiger partial charge in [-0.25, -0.2) is 0 Å². The highest BCUT2D eigenvalue weighted by atomic mass is 16.5. The SMILES string of the molecule is Nc1cc(OCCc2ccccn2)nc(N2CCOCC2)n1. The molecule has 0 saturated carbocycles. The third kappa shape index (κ3) is 3.82. The largest absolute Gasteiger partial charge is 0.477 e. The topological polar surface area (TPSA) is 86.4 Å². The molecule has 0 amide bonds. The summed E-state index contributed by atoms with van der Waals surface area (Å²) in [5, 5.41) is 0. The highest BCUT2D eigenvalue weighted by Crippen LogP contribution is 2.18. The molecule has 2 N–H and O–H groups in total. The predicted octanol–water partition coefficient (Wildman–Crippen LogP) is 0.912. The van der Waals surface area contributed by atoms with Crippen LogP contribution in [0, 0.1) is 0 Å². The van der Waals surface area contributed by atoms with E-state index in [1.54, 1.807) is 12.3 Å². The molecule has 0 aliphatic carbocycles. The molecule has 1 fully saturated rings. The van der Waals surface area contributed by atoms with Gasteiger partial charge in [-0.05, 0) is 12.1 Å². The summed E-state index contributed by atoms with van der Waals surface area (Å²) >= 11 is 0. The molecule has 22 heavy (non-hydrogen) atoms. The van der Waals surface area contributed by atoms with E-state index in [2.05, 4.69) is 15.0 Å². The Morgan fingerprint density at radius 3 is 2.86 bits per heavy atom. The van der Waals surface area contributed by atoms with Crippen molar-refractivity contribution in [3.8, 4) is 5.88 Å². The highest BCUT2D eigenvalue weighted by molar-refractivity contribution is 5.42. The van der Waals surface area contributed by atoms with Crippen molar-refractivity contribution in [2.24, 2.45) is 0 Å². The molecule has 7 nitrogen and oxygen atoms in total. The quantitative estimate of drug-likeness (QED) is 0.878. The zero-order chi connectivity index (χ0) is 15.2. The van der Waals surface area contributed by atoms with Crippen LogP contribution in [0.3, 0.4) is 0 Å². The summed E-state index contributed by atoms with van der Waals surface area (Å²) in [6.07, 6.45) is 2.49. The fraction of sp³-hybridized carbons (Fsp3) is 0.400. The first-order chi connectivity index (χ1) is 10.8. The second kappa shape index (κ2) is 7.04. The Kier molecular flexibility index (Phi) is 4.65. The van der Waals surface area contributed by atoms with E-state index >= 15 is 0 Å². The molecule has 0 radical (unpaired) electrons. The van der Waals surface area contributed by atoms with Crippen molar-refractivity contribution in [2.45, 2.75) is 6.42 Å². The van der Waals surface area contributed by atoms with Gasteiger partial charge in [0, 0.05) is 37.5 Å². The molecule has 2 aromatic rings. The van der Waals surface area contributed by atoms with Crippen LogP contribution in [0.5, 0.6) is 5.88 Å². The van der Waals surface area contributed by atoms with Crippen LogP contribution in [0.1, 0.15) is 5.69 Å². The number of pyridine rings is 1. The van der Waals surface area contributed by atoms with Crippen molar-refractivity contribution >= 4 is 11.8 Å². The first-order valence-corrected chi connectivity index (χ1v) is 7.31.